The molecule has 0 saturated heterocycles. The molecule has 4 aromatic rings. The lowest BCUT2D eigenvalue weighted by Crippen LogP contribution is -2.14. The predicted molar refractivity (Wildman–Crippen MR) is 139 cm³/mol. The second-order valence-electron chi connectivity index (χ2n) is 7.32. The normalized spacial score (nSPS) is 10.8. The highest BCUT2D eigenvalue weighted by atomic mass is 32.2. The summed E-state index contributed by atoms with van der Waals surface area (Å²) in [6, 6.07) is 22.0. The van der Waals surface area contributed by atoms with E-state index >= 15 is 0 Å². The van der Waals surface area contributed by atoms with Crippen molar-refractivity contribution >= 4 is 29.7 Å². The summed E-state index contributed by atoms with van der Waals surface area (Å²) < 4.78 is 17.5. The lowest BCUT2D eigenvalue weighted by Gasteiger charge is -2.09. The van der Waals surface area contributed by atoms with Crippen LogP contribution in [0.4, 0.5) is 5.95 Å². The first kappa shape index (κ1) is 24.6. The molecule has 0 fully saturated rings. The van der Waals surface area contributed by atoms with Crippen LogP contribution in [0.2, 0.25) is 0 Å². The molecular formula is C25H24N6O4S. The van der Waals surface area contributed by atoms with Crippen molar-refractivity contribution in [1.29, 1.82) is 0 Å². The molecule has 3 N–H and O–H groups in total. The van der Waals surface area contributed by atoms with Gasteiger partial charge in [-0.3, -0.25) is 4.79 Å². The maximum absolute atomic E-state index is 12.6. The molecule has 0 aliphatic rings. The minimum Gasteiger partial charge on any atom is -0.493 e. The monoisotopic (exact) mass is 504 g/mol. The van der Waals surface area contributed by atoms with E-state index in [-0.39, 0.29) is 17.5 Å². The highest BCUT2D eigenvalue weighted by Gasteiger charge is 2.15. The Kier molecular flexibility index (Phi) is 8.04. The molecule has 11 heteroatoms. The molecule has 1 heterocycles. The third-order valence-electron chi connectivity index (χ3n) is 4.92. The summed E-state index contributed by atoms with van der Waals surface area (Å²) in [6.45, 7) is 0. The number of benzene rings is 3. The summed E-state index contributed by atoms with van der Waals surface area (Å²) in [4.78, 5) is 12.6. The third-order valence-corrected chi connectivity index (χ3v) is 5.86. The molecule has 0 saturated carbocycles. The summed E-state index contributed by atoms with van der Waals surface area (Å²) in [5.41, 5.74) is 4.07. The van der Waals surface area contributed by atoms with Gasteiger partial charge in [0.1, 0.15) is 11.5 Å². The van der Waals surface area contributed by atoms with E-state index in [0.717, 1.165) is 23.1 Å². The Morgan fingerprint density at radius 1 is 1.00 bits per heavy atom. The standard InChI is InChI=1S/C25H24N6O4S/c1-33-22-12-11-18(14-23(22)34-2)21(32)16-36-25-30-29-24(31(25)26)28-27-15-17-7-6-10-20(13-17)35-19-8-4-3-5-9-19/h3-15H,16,26H2,1-2H3,(H,28,29)/b27-15+. The van der Waals surface area contributed by atoms with Crippen molar-refractivity contribution in [3.63, 3.8) is 0 Å². The molecule has 0 bridgehead atoms. The summed E-state index contributed by atoms with van der Waals surface area (Å²) in [6.07, 6.45) is 1.61. The Morgan fingerprint density at radius 3 is 2.56 bits per heavy atom. The van der Waals surface area contributed by atoms with E-state index in [1.54, 1.807) is 24.4 Å². The van der Waals surface area contributed by atoms with Gasteiger partial charge in [0.05, 0.1) is 26.2 Å². The molecule has 1 aromatic heterocycles. The smallest absolute Gasteiger partial charge is 0.264 e. The maximum atomic E-state index is 12.6. The van der Waals surface area contributed by atoms with Gasteiger partial charge in [0.15, 0.2) is 17.3 Å². The number of hydrazone groups is 1. The van der Waals surface area contributed by atoms with Crippen LogP contribution in [0.25, 0.3) is 0 Å². The van der Waals surface area contributed by atoms with E-state index in [2.05, 4.69) is 20.7 Å². The molecule has 0 atom stereocenters. The quantitative estimate of drug-likeness (QED) is 0.101. The molecule has 0 spiro atoms. The van der Waals surface area contributed by atoms with Crippen molar-refractivity contribution in [2.75, 3.05) is 31.2 Å². The number of hydrogen-bond acceptors (Lipinski definition) is 10. The van der Waals surface area contributed by atoms with E-state index in [4.69, 9.17) is 20.1 Å². The SMILES string of the molecule is COc1ccc(C(=O)CSc2nnc(N/N=C/c3cccc(Oc4ccccc4)c3)n2N)cc1OC. The van der Waals surface area contributed by atoms with Gasteiger partial charge in [-0.25, -0.2) is 10.1 Å². The topological polar surface area (TPSA) is 126 Å². The van der Waals surface area contributed by atoms with Gasteiger partial charge in [0.2, 0.25) is 5.16 Å². The van der Waals surface area contributed by atoms with Gasteiger partial charge in [0.25, 0.3) is 5.95 Å². The Hall–Kier alpha value is -4.51. The van der Waals surface area contributed by atoms with Crippen molar-refractivity contribution < 1.29 is 19.0 Å². The van der Waals surface area contributed by atoms with Crippen molar-refractivity contribution in [2.24, 2.45) is 5.10 Å². The second kappa shape index (κ2) is 11.8. The summed E-state index contributed by atoms with van der Waals surface area (Å²) in [5, 5.41) is 12.6. The number of ketones is 1. The van der Waals surface area contributed by atoms with Crippen LogP contribution in [0, 0.1) is 0 Å². The number of ether oxygens (including phenoxy) is 3. The number of nitrogens with zero attached hydrogens (tertiary/aromatic N) is 4. The number of anilines is 1. The molecule has 0 aliphatic heterocycles. The molecule has 184 valence electrons. The van der Waals surface area contributed by atoms with Crippen molar-refractivity contribution in [1.82, 2.24) is 14.9 Å². The van der Waals surface area contributed by atoms with Crippen LogP contribution in [0.15, 0.2) is 83.1 Å². The minimum atomic E-state index is -0.117. The van der Waals surface area contributed by atoms with Crippen LogP contribution in [-0.4, -0.2) is 46.8 Å². The molecule has 0 aliphatic carbocycles. The average Bonchev–Trinajstić information content (AvgIpc) is 3.26. The highest BCUT2D eigenvalue weighted by molar-refractivity contribution is 7.99. The molecular weight excluding hydrogens is 480 g/mol. The van der Waals surface area contributed by atoms with E-state index in [1.165, 1.54) is 18.9 Å². The molecule has 4 rings (SSSR count). The van der Waals surface area contributed by atoms with Gasteiger partial charge < -0.3 is 20.1 Å². The van der Waals surface area contributed by atoms with Crippen LogP contribution in [-0.2, 0) is 0 Å². The lowest BCUT2D eigenvalue weighted by atomic mass is 10.1. The molecule has 36 heavy (non-hydrogen) atoms. The number of nitrogens with one attached hydrogen (secondary N) is 1. The fraction of sp³-hybridized carbons (Fsp3) is 0.120. The fourth-order valence-corrected chi connectivity index (χ4v) is 3.87. The van der Waals surface area contributed by atoms with E-state index in [9.17, 15) is 4.79 Å². The number of carbonyl (C=O) groups excluding carboxylic acids is 1. The minimum absolute atomic E-state index is 0.113. The van der Waals surface area contributed by atoms with E-state index < -0.39 is 0 Å². The van der Waals surface area contributed by atoms with Crippen molar-refractivity contribution in [3.05, 3.63) is 83.9 Å². The number of carbonyl (C=O) groups is 1. The van der Waals surface area contributed by atoms with Crippen molar-refractivity contribution in [3.8, 4) is 23.0 Å². The Labute approximate surface area is 212 Å². The number of aromatic nitrogens is 3. The number of Topliss-reactive ketones (excluding diaryl/α,β-unsaturated/α-hetero) is 1. The zero-order chi connectivity index (χ0) is 25.3. The van der Waals surface area contributed by atoms with Gasteiger partial charge in [0, 0.05) is 5.56 Å². The number of thioether (sulfide) groups is 1. The Morgan fingerprint density at radius 2 is 1.78 bits per heavy atom. The summed E-state index contributed by atoms with van der Waals surface area (Å²) in [7, 11) is 3.06. The summed E-state index contributed by atoms with van der Waals surface area (Å²) >= 11 is 1.16. The predicted octanol–water partition coefficient (Wildman–Crippen LogP) is 4.22. The van der Waals surface area contributed by atoms with Crippen LogP contribution < -0.4 is 25.5 Å². The number of para-hydroxylation sites is 1. The molecule has 0 radical (unpaired) electrons. The van der Waals surface area contributed by atoms with Gasteiger partial charge in [-0.2, -0.15) is 5.10 Å². The first-order chi connectivity index (χ1) is 17.6. The van der Waals surface area contributed by atoms with Crippen LogP contribution in [0.3, 0.4) is 0 Å². The number of methoxy groups -OCH3 is 2. The number of rotatable bonds is 11. The zero-order valence-corrected chi connectivity index (χ0v) is 20.4. The Bertz CT molecular complexity index is 1360. The largest absolute Gasteiger partial charge is 0.493 e. The van der Waals surface area contributed by atoms with E-state index in [0.29, 0.717) is 28.0 Å². The van der Waals surface area contributed by atoms with Crippen LogP contribution >= 0.6 is 11.8 Å². The highest BCUT2D eigenvalue weighted by Crippen LogP contribution is 2.28. The number of hydrogen-bond donors (Lipinski definition) is 2. The molecule has 0 amide bonds. The summed E-state index contributed by atoms with van der Waals surface area (Å²) in [5.74, 6) is 8.76. The van der Waals surface area contributed by atoms with Gasteiger partial charge in [-0.1, -0.05) is 42.1 Å². The Balaban J connectivity index is 1.34. The maximum Gasteiger partial charge on any atom is 0.264 e. The first-order valence-electron chi connectivity index (χ1n) is 10.8. The second-order valence-corrected chi connectivity index (χ2v) is 8.26. The molecule has 0 unspecified atom stereocenters. The van der Waals surface area contributed by atoms with Crippen LogP contribution in [0.5, 0.6) is 23.0 Å². The molecule has 3 aromatic carbocycles. The number of nitrogens with two attached hydrogens (primary N) is 1. The van der Waals surface area contributed by atoms with Crippen molar-refractivity contribution in [2.45, 2.75) is 5.16 Å². The van der Waals surface area contributed by atoms with Gasteiger partial charge in [-0.05, 0) is 48.0 Å². The third kappa shape index (κ3) is 6.13. The fourth-order valence-electron chi connectivity index (χ4n) is 3.12. The van der Waals surface area contributed by atoms with Crippen LogP contribution in [0.1, 0.15) is 15.9 Å². The van der Waals surface area contributed by atoms with Gasteiger partial charge in [-0.15, -0.1) is 10.2 Å². The average molecular weight is 505 g/mol. The molecule has 10 nitrogen and oxygen atoms in total. The lowest BCUT2D eigenvalue weighted by molar-refractivity contribution is 0.102. The first-order valence-corrected chi connectivity index (χ1v) is 11.8. The van der Waals surface area contributed by atoms with Gasteiger partial charge >= 0.3 is 0 Å². The van der Waals surface area contributed by atoms with E-state index in [1.807, 2.05) is 54.6 Å². The zero-order valence-electron chi connectivity index (χ0n) is 19.6. The number of nitrogen functional groups attached to an aromatic ring is 1.